The Bertz CT molecular complexity index is 910. The van der Waals surface area contributed by atoms with Gasteiger partial charge >= 0.3 is 0 Å². The molecule has 0 atom stereocenters. The molecule has 5 nitrogen and oxygen atoms in total. The average Bonchev–Trinajstić information content (AvgIpc) is 3.43. The summed E-state index contributed by atoms with van der Waals surface area (Å²) in [6.07, 6.45) is 8.65. The zero-order valence-electron chi connectivity index (χ0n) is 16.0. The summed E-state index contributed by atoms with van der Waals surface area (Å²) < 4.78 is 19.4. The zero-order chi connectivity index (χ0) is 18.8. The van der Waals surface area contributed by atoms with E-state index < -0.39 is 0 Å². The lowest BCUT2D eigenvalue weighted by atomic mass is 9.78. The Kier molecular flexibility index (Phi) is 5.02. The van der Waals surface area contributed by atoms with Gasteiger partial charge in [-0.25, -0.2) is 4.52 Å². The molecule has 1 saturated carbocycles. The average molecular weight is 378 g/mol. The van der Waals surface area contributed by atoms with Gasteiger partial charge in [0, 0.05) is 23.7 Å². The molecule has 2 fully saturated rings. The summed E-state index contributed by atoms with van der Waals surface area (Å²) in [5, 5.41) is 4.56. The summed E-state index contributed by atoms with van der Waals surface area (Å²) in [5.74, 6) is 1.96. The van der Waals surface area contributed by atoms with Crippen LogP contribution in [0.5, 0.6) is 5.75 Å². The van der Waals surface area contributed by atoms with Gasteiger partial charge in [0.25, 0.3) is 0 Å². The molecule has 146 valence electrons. The van der Waals surface area contributed by atoms with Crippen molar-refractivity contribution in [2.24, 2.45) is 5.92 Å². The van der Waals surface area contributed by atoms with Crippen LogP contribution in [0.15, 0.2) is 54.9 Å². The van der Waals surface area contributed by atoms with Crippen LogP contribution in [0.4, 0.5) is 0 Å². The van der Waals surface area contributed by atoms with E-state index in [1.807, 2.05) is 41.2 Å². The third kappa shape index (κ3) is 3.64. The van der Waals surface area contributed by atoms with Crippen molar-refractivity contribution in [1.29, 1.82) is 0 Å². The Morgan fingerprint density at radius 2 is 1.79 bits per heavy atom. The van der Waals surface area contributed by atoms with E-state index >= 15 is 0 Å². The Morgan fingerprint density at radius 3 is 2.57 bits per heavy atom. The van der Waals surface area contributed by atoms with Gasteiger partial charge < -0.3 is 14.2 Å². The van der Waals surface area contributed by atoms with Crippen molar-refractivity contribution in [2.75, 3.05) is 13.2 Å². The van der Waals surface area contributed by atoms with E-state index in [1.165, 1.54) is 11.1 Å². The molecular weight excluding hydrogens is 352 g/mol. The van der Waals surface area contributed by atoms with E-state index in [-0.39, 0.29) is 6.29 Å². The van der Waals surface area contributed by atoms with Gasteiger partial charge in [-0.15, -0.1) is 0 Å². The number of fused-ring (bicyclic) bond motifs is 1. The highest BCUT2D eigenvalue weighted by molar-refractivity contribution is 5.58. The Morgan fingerprint density at radius 1 is 1.00 bits per heavy atom. The van der Waals surface area contributed by atoms with Crippen LogP contribution in [0.3, 0.4) is 0 Å². The molecule has 1 aliphatic heterocycles. The van der Waals surface area contributed by atoms with Crippen LogP contribution in [-0.4, -0.2) is 29.1 Å². The Balaban J connectivity index is 1.28. The highest BCUT2D eigenvalue weighted by Gasteiger charge is 2.32. The monoisotopic (exact) mass is 378 g/mol. The van der Waals surface area contributed by atoms with Gasteiger partial charge in [-0.2, -0.15) is 5.10 Å². The number of benzene rings is 1. The smallest absolute Gasteiger partial charge is 0.160 e. The van der Waals surface area contributed by atoms with E-state index in [2.05, 4.69) is 23.3 Å². The molecule has 5 heteroatoms. The third-order valence-corrected chi connectivity index (χ3v) is 6.02. The van der Waals surface area contributed by atoms with E-state index in [9.17, 15) is 0 Å². The molecule has 0 spiro atoms. The molecule has 0 amide bonds. The maximum absolute atomic E-state index is 6.02. The van der Waals surface area contributed by atoms with Crippen molar-refractivity contribution in [1.82, 2.24) is 9.61 Å². The van der Waals surface area contributed by atoms with E-state index in [4.69, 9.17) is 14.2 Å². The predicted octanol–water partition coefficient (Wildman–Crippen LogP) is 4.56. The summed E-state index contributed by atoms with van der Waals surface area (Å²) in [6.45, 7) is 2.06. The quantitative estimate of drug-likeness (QED) is 0.653. The van der Waals surface area contributed by atoms with Crippen LogP contribution in [0.1, 0.15) is 42.7 Å². The minimum Gasteiger partial charge on any atom is -0.489 e. The van der Waals surface area contributed by atoms with E-state index in [1.54, 1.807) is 0 Å². The summed E-state index contributed by atoms with van der Waals surface area (Å²) >= 11 is 0. The molecular formula is C23H26N2O3. The molecule has 3 aromatic rings. The molecule has 3 heterocycles. The van der Waals surface area contributed by atoms with Gasteiger partial charge in [-0.1, -0.05) is 30.3 Å². The van der Waals surface area contributed by atoms with Crippen LogP contribution in [0.25, 0.3) is 5.52 Å². The maximum Gasteiger partial charge on any atom is 0.160 e. The van der Waals surface area contributed by atoms with Gasteiger partial charge in [0.15, 0.2) is 6.29 Å². The first-order valence-electron chi connectivity index (χ1n) is 10.2. The van der Waals surface area contributed by atoms with Crippen molar-refractivity contribution in [3.8, 4) is 5.75 Å². The fraction of sp³-hybridized carbons (Fsp3) is 0.435. The van der Waals surface area contributed by atoms with Gasteiger partial charge in [-0.3, -0.25) is 0 Å². The normalized spacial score (nSPS) is 23.3. The highest BCUT2D eigenvalue weighted by atomic mass is 16.7. The van der Waals surface area contributed by atoms with Crippen molar-refractivity contribution in [3.05, 3.63) is 66.0 Å². The first-order chi connectivity index (χ1) is 13.9. The standard InChI is InChI=1S/C23H26N2O3/c1-2-4-17(5-3-1)16-28-20-10-11-25-22(14-20)21(15-24-25)18-6-8-19(9-7-18)23-26-12-13-27-23/h1-5,10-11,14-15,18-19,23H,6-9,12-13,16H2. The molecule has 1 aromatic carbocycles. The molecule has 2 aromatic heterocycles. The zero-order valence-corrected chi connectivity index (χ0v) is 16.0. The van der Waals surface area contributed by atoms with E-state index in [0.717, 1.165) is 50.2 Å². The van der Waals surface area contributed by atoms with Crippen molar-refractivity contribution < 1.29 is 14.2 Å². The summed E-state index contributed by atoms with van der Waals surface area (Å²) in [4.78, 5) is 0. The van der Waals surface area contributed by atoms with E-state index in [0.29, 0.717) is 18.4 Å². The van der Waals surface area contributed by atoms with Crippen LogP contribution < -0.4 is 4.74 Å². The molecule has 1 aliphatic carbocycles. The number of aromatic nitrogens is 2. The molecule has 28 heavy (non-hydrogen) atoms. The first-order valence-corrected chi connectivity index (χ1v) is 10.2. The SMILES string of the molecule is c1ccc(COc2ccn3ncc(C4CCC(C5OCCO5)CC4)c3c2)cc1. The van der Waals surface area contributed by atoms with Crippen LogP contribution in [0.2, 0.25) is 0 Å². The minimum atomic E-state index is 0.0165. The predicted molar refractivity (Wildman–Crippen MR) is 106 cm³/mol. The van der Waals surface area contributed by atoms with Crippen LogP contribution >= 0.6 is 0 Å². The summed E-state index contributed by atoms with van der Waals surface area (Å²) in [6, 6.07) is 14.4. The fourth-order valence-electron chi connectivity index (χ4n) is 4.48. The lowest BCUT2D eigenvalue weighted by molar-refractivity contribution is -0.0931. The number of hydrogen-bond acceptors (Lipinski definition) is 4. The second-order valence-corrected chi connectivity index (χ2v) is 7.79. The van der Waals surface area contributed by atoms with Gasteiger partial charge in [0.2, 0.25) is 0 Å². The van der Waals surface area contributed by atoms with Gasteiger partial charge in [0.05, 0.1) is 24.9 Å². The number of rotatable bonds is 5. The largest absolute Gasteiger partial charge is 0.489 e. The van der Waals surface area contributed by atoms with Crippen LogP contribution in [0, 0.1) is 5.92 Å². The highest BCUT2D eigenvalue weighted by Crippen LogP contribution is 2.40. The summed E-state index contributed by atoms with van der Waals surface area (Å²) in [7, 11) is 0. The third-order valence-electron chi connectivity index (χ3n) is 6.02. The van der Waals surface area contributed by atoms with Crippen molar-refractivity contribution in [3.63, 3.8) is 0 Å². The van der Waals surface area contributed by atoms with Gasteiger partial charge in [-0.05, 0) is 43.2 Å². The van der Waals surface area contributed by atoms with Crippen molar-refractivity contribution >= 4 is 5.52 Å². The topological polar surface area (TPSA) is 45.0 Å². The molecule has 0 bridgehead atoms. The minimum absolute atomic E-state index is 0.0165. The number of pyridine rings is 1. The second-order valence-electron chi connectivity index (χ2n) is 7.79. The summed E-state index contributed by atoms with van der Waals surface area (Å²) in [5.41, 5.74) is 3.66. The van der Waals surface area contributed by atoms with Crippen molar-refractivity contribution in [2.45, 2.75) is 44.5 Å². The van der Waals surface area contributed by atoms with Crippen LogP contribution in [-0.2, 0) is 16.1 Å². The Labute approximate surface area is 165 Å². The number of ether oxygens (including phenoxy) is 3. The lowest BCUT2D eigenvalue weighted by Gasteiger charge is -2.30. The maximum atomic E-state index is 6.02. The Hall–Kier alpha value is -2.37. The lowest BCUT2D eigenvalue weighted by Crippen LogP contribution is -2.25. The molecule has 0 radical (unpaired) electrons. The molecule has 5 rings (SSSR count). The first kappa shape index (κ1) is 17.7. The molecule has 2 aliphatic rings. The second kappa shape index (κ2) is 7.94. The number of nitrogens with zero attached hydrogens (tertiary/aromatic N) is 2. The molecule has 0 N–H and O–H groups in total. The number of hydrogen-bond donors (Lipinski definition) is 0. The molecule has 0 unspecified atom stereocenters. The molecule has 1 saturated heterocycles. The van der Waals surface area contributed by atoms with Gasteiger partial charge in [0.1, 0.15) is 12.4 Å². The fourth-order valence-corrected chi connectivity index (χ4v) is 4.48.